The molecule has 0 aliphatic heterocycles. The van der Waals surface area contributed by atoms with Gasteiger partial charge in [-0.1, -0.05) is 66.8 Å². The number of hydrogen-bond donors (Lipinski definition) is 1. The Hall–Kier alpha value is -4.04. The first-order valence-corrected chi connectivity index (χ1v) is 11.8. The number of carbonyl (C=O) groups excluding carboxylic acids is 1. The van der Waals surface area contributed by atoms with Crippen LogP contribution in [0.15, 0.2) is 72.8 Å². The minimum atomic E-state index is -0.197. The molecule has 0 aliphatic carbocycles. The highest BCUT2D eigenvalue weighted by Gasteiger charge is 2.14. The van der Waals surface area contributed by atoms with Gasteiger partial charge < -0.3 is 10.1 Å². The molecule has 3 aromatic carbocycles. The van der Waals surface area contributed by atoms with Crippen molar-refractivity contribution in [3.05, 3.63) is 95.3 Å². The van der Waals surface area contributed by atoms with Crippen molar-refractivity contribution < 1.29 is 9.53 Å². The van der Waals surface area contributed by atoms with E-state index in [0.29, 0.717) is 17.9 Å². The minimum Gasteiger partial charge on any atom is -0.489 e. The van der Waals surface area contributed by atoms with Crippen LogP contribution in [0.2, 0.25) is 0 Å². The van der Waals surface area contributed by atoms with Crippen LogP contribution in [0.3, 0.4) is 0 Å². The van der Waals surface area contributed by atoms with Gasteiger partial charge in [-0.25, -0.2) is 0 Å². The van der Waals surface area contributed by atoms with E-state index < -0.39 is 0 Å². The second kappa shape index (κ2) is 9.44. The van der Waals surface area contributed by atoms with E-state index in [1.807, 2.05) is 74.5 Å². The standard InChI is InChI=1S/C26H23N5O2S/c1-3-23-28-29-26-31(23)30-25(34-26)20-13-12-17(2)22(15-20)27-24(32)19-10-7-11-21(14-19)33-16-18-8-5-4-6-9-18/h4-15H,3,16H2,1-2H3,(H,27,32). The molecule has 34 heavy (non-hydrogen) atoms. The Kier molecular flexibility index (Phi) is 6.05. The van der Waals surface area contributed by atoms with Gasteiger partial charge in [-0.05, 0) is 42.3 Å². The molecule has 0 saturated heterocycles. The second-order valence-corrected chi connectivity index (χ2v) is 8.81. The third-order valence-corrected chi connectivity index (χ3v) is 6.40. The van der Waals surface area contributed by atoms with Gasteiger partial charge in [-0.3, -0.25) is 4.79 Å². The summed E-state index contributed by atoms with van der Waals surface area (Å²) in [4.78, 5) is 13.8. The highest BCUT2D eigenvalue weighted by atomic mass is 32.1. The number of aromatic nitrogens is 4. The van der Waals surface area contributed by atoms with Gasteiger partial charge >= 0.3 is 0 Å². The van der Waals surface area contributed by atoms with Gasteiger partial charge in [0.15, 0.2) is 5.82 Å². The van der Waals surface area contributed by atoms with E-state index in [0.717, 1.165) is 44.6 Å². The van der Waals surface area contributed by atoms with Gasteiger partial charge in [-0.2, -0.15) is 9.61 Å². The molecule has 2 aromatic heterocycles. The summed E-state index contributed by atoms with van der Waals surface area (Å²) in [7, 11) is 0. The first-order valence-electron chi connectivity index (χ1n) is 11.0. The molecule has 0 unspecified atom stereocenters. The normalized spacial score (nSPS) is 11.0. The van der Waals surface area contributed by atoms with Crippen LogP contribution >= 0.6 is 11.3 Å². The van der Waals surface area contributed by atoms with Crippen molar-refractivity contribution in [1.82, 2.24) is 19.8 Å². The lowest BCUT2D eigenvalue weighted by molar-refractivity contribution is 0.102. The number of nitrogens with zero attached hydrogens (tertiary/aromatic N) is 4. The van der Waals surface area contributed by atoms with Gasteiger partial charge in [0.1, 0.15) is 17.4 Å². The van der Waals surface area contributed by atoms with Crippen LogP contribution in [0.5, 0.6) is 5.75 Å². The maximum absolute atomic E-state index is 13.0. The Bertz CT molecular complexity index is 1460. The quantitative estimate of drug-likeness (QED) is 0.338. The molecule has 0 aliphatic rings. The summed E-state index contributed by atoms with van der Waals surface area (Å²) in [6, 6.07) is 23.1. The molecule has 0 saturated carbocycles. The van der Waals surface area contributed by atoms with Crippen molar-refractivity contribution in [2.24, 2.45) is 0 Å². The Morgan fingerprint density at radius 1 is 1.03 bits per heavy atom. The summed E-state index contributed by atoms with van der Waals surface area (Å²) in [5.74, 6) is 1.28. The number of benzene rings is 3. The first kappa shape index (κ1) is 21.8. The van der Waals surface area contributed by atoms with Crippen molar-refractivity contribution in [2.75, 3.05) is 5.32 Å². The summed E-state index contributed by atoms with van der Waals surface area (Å²) in [5.41, 5.74) is 4.21. The van der Waals surface area contributed by atoms with Crippen LogP contribution in [-0.4, -0.2) is 25.7 Å². The summed E-state index contributed by atoms with van der Waals surface area (Å²) in [5, 5.41) is 16.9. The molecule has 5 rings (SSSR count). The number of rotatable bonds is 7. The van der Waals surface area contributed by atoms with E-state index in [2.05, 4.69) is 20.6 Å². The van der Waals surface area contributed by atoms with Crippen molar-refractivity contribution in [3.63, 3.8) is 0 Å². The number of anilines is 1. The molecule has 1 N–H and O–H groups in total. The molecule has 2 heterocycles. The molecular formula is C26H23N5O2S. The maximum Gasteiger partial charge on any atom is 0.255 e. The molecule has 7 nitrogen and oxygen atoms in total. The SMILES string of the molecule is CCc1nnc2sc(-c3ccc(C)c(NC(=O)c4cccc(OCc5ccccc5)c4)c3)nn12. The number of amides is 1. The Morgan fingerprint density at radius 2 is 1.88 bits per heavy atom. The third-order valence-electron chi connectivity index (χ3n) is 5.45. The van der Waals surface area contributed by atoms with Gasteiger partial charge in [0, 0.05) is 23.2 Å². The fourth-order valence-electron chi connectivity index (χ4n) is 3.55. The molecule has 0 spiro atoms. The first-order chi connectivity index (χ1) is 16.6. The molecule has 0 radical (unpaired) electrons. The number of nitrogens with one attached hydrogen (secondary N) is 1. The van der Waals surface area contributed by atoms with Crippen LogP contribution in [0.1, 0.15) is 34.2 Å². The second-order valence-electron chi connectivity index (χ2n) is 7.86. The largest absolute Gasteiger partial charge is 0.489 e. The fraction of sp³-hybridized carbons (Fsp3) is 0.154. The fourth-order valence-corrected chi connectivity index (χ4v) is 4.40. The summed E-state index contributed by atoms with van der Waals surface area (Å²) in [6.07, 6.45) is 0.758. The van der Waals surface area contributed by atoms with Gasteiger partial charge in [0.25, 0.3) is 5.91 Å². The average molecular weight is 470 g/mol. The molecule has 0 atom stereocenters. The molecule has 5 aromatic rings. The van der Waals surface area contributed by atoms with Crippen molar-refractivity contribution in [3.8, 4) is 16.3 Å². The van der Waals surface area contributed by atoms with Crippen LogP contribution in [0.25, 0.3) is 15.5 Å². The Balaban J connectivity index is 1.33. The number of aryl methyl sites for hydroxylation is 2. The lowest BCUT2D eigenvalue weighted by atomic mass is 10.1. The maximum atomic E-state index is 13.0. The average Bonchev–Trinajstić information content (AvgIpc) is 3.46. The minimum absolute atomic E-state index is 0.197. The molecular weight excluding hydrogens is 446 g/mol. The number of ether oxygens (including phenoxy) is 1. The van der Waals surface area contributed by atoms with Crippen molar-refractivity contribution in [2.45, 2.75) is 26.9 Å². The molecule has 0 fully saturated rings. The van der Waals surface area contributed by atoms with E-state index >= 15 is 0 Å². The van der Waals surface area contributed by atoms with E-state index in [9.17, 15) is 4.79 Å². The van der Waals surface area contributed by atoms with Gasteiger partial charge in [-0.15, -0.1) is 10.2 Å². The van der Waals surface area contributed by atoms with E-state index in [1.54, 1.807) is 16.6 Å². The lowest BCUT2D eigenvalue weighted by Gasteiger charge is -2.11. The smallest absolute Gasteiger partial charge is 0.255 e. The van der Waals surface area contributed by atoms with E-state index in [4.69, 9.17) is 4.74 Å². The zero-order valence-corrected chi connectivity index (χ0v) is 19.7. The third kappa shape index (κ3) is 4.53. The monoisotopic (exact) mass is 469 g/mol. The van der Waals surface area contributed by atoms with Gasteiger partial charge in [0.2, 0.25) is 4.96 Å². The molecule has 1 amide bonds. The van der Waals surface area contributed by atoms with Crippen LogP contribution in [-0.2, 0) is 13.0 Å². The van der Waals surface area contributed by atoms with Crippen LogP contribution in [0, 0.1) is 6.92 Å². The Morgan fingerprint density at radius 3 is 2.71 bits per heavy atom. The predicted molar refractivity (Wildman–Crippen MR) is 133 cm³/mol. The summed E-state index contributed by atoms with van der Waals surface area (Å²) in [6.45, 7) is 4.43. The number of hydrogen-bond acceptors (Lipinski definition) is 6. The molecule has 170 valence electrons. The highest BCUT2D eigenvalue weighted by Crippen LogP contribution is 2.29. The number of carbonyl (C=O) groups is 1. The van der Waals surface area contributed by atoms with Crippen LogP contribution < -0.4 is 10.1 Å². The number of fused-ring (bicyclic) bond motifs is 1. The van der Waals surface area contributed by atoms with E-state index in [-0.39, 0.29) is 5.91 Å². The Labute approximate surface area is 201 Å². The van der Waals surface area contributed by atoms with E-state index in [1.165, 1.54) is 11.3 Å². The lowest BCUT2D eigenvalue weighted by Crippen LogP contribution is -2.13. The topological polar surface area (TPSA) is 81.4 Å². The highest BCUT2D eigenvalue weighted by molar-refractivity contribution is 7.19. The zero-order chi connectivity index (χ0) is 23.5. The molecule has 0 bridgehead atoms. The summed E-state index contributed by atoms with van der Waals surface area (Å²) >= 11 is 1.47. The van der Waals surface area contributed by atoms with Crippen molar-refractivity contribution >= 4 is 27.9 Å². The van der Waals surface area contributed by atoms with Gasteiger partial charge in [0.05, 0.1) is 0 Å². The predicted octanol–water partition coefficient (Wildman–Crippen LogP) is 5.55. The zero-order valence-electron chi connectivity index (χ0n) is 18.9. The molecule has 8 heteroatoms. The summed E-state index contributed by atoms with van der Waals surface area (Å²) < 4.78 is 7.65. The van der Waals surface area contributed by atoms with Crippen molar-refractivity contribution in [1.29, 1.82) is 0 Å². The van der Waals surface area contributed by atoms with Crippen LogP contribution in [0.4, 0.5) is 5.69 Å².